The number of anilines is 1. The van der Waals surface area contributed by atoms with Gasteiger partial charge in [0.25, 0.3) is 5.91 Å². The number of morpholine rings is 1. The number of hydrogen-bond acceptors (Lipinski definition) is 6. The fraction of sp³-hybridized carbons (Fsp3) is 0.476. The number of aromatic nitrogens is 2. The fourth-order valence-electron chi connectivity index (χ4n) is 3.13. The number of hydrogen-bond donors (Lipinski definition) is 1. The van der Waals surface area contributed by atoms with Crippen molar-refractivity contribution in [3.63, 3.8) is 0 Å². The Hall–Kier alpha value is -2.51. The van der Waals surface area contributed by atoms with Gasteiger partial charge >= 0.3 is 0 Å². The summed E-state index contributed by atoms with van der Waals surface area (Å²) in [5, 5.41) is 3.23. The monoisotopic (exact) mass is 383 g/mol. The highest BCUT2D eigenvalue weighted by molar-refractivity contribution is 5.92. The molecule has 1 aliphatic rings. The van der Waals surface area contributed by atoms with Gasteiger partial charge in [-0.1, -0.05) is 30.3 Å². The highest BCUT2D eigenvalue weighted by Gasteiger charge is 2.21. The van der Waals surface area contributed by atoms with Crippen LogP contribution in [-0.2, 0) is 11.3 Å². The van der Waals surface area contributed by atoms with Crippen LogP contribution in [0.3, 0.4) is 0 Å². The van der Waals surface area contributed by atoms with Gasteiger partial charge in [0, 0.05) is 45.0 Å². The molecular formula is C21H29N5O2. The van der Waals surface area contributed by atoms with Crippen LogP contribution in [0.4, 0.5) is 5.95 Å². The van der Waals surface area contributed by atoms with E-state index in [1.165, 1.54) is 0 Å². The molecular weight excluding hydrogens is 354 g/mol. The second kappa shape index (κ2) is 10.1. The highest BCUT2D eigenvalue weighted by atomic mass is 16.5. The van der Waals surface area contributed by atoms with Gasteiger partial charge in [-0.05, 0) is 25.5 Å². The number of nitrogens with one attached hydrogen (secondary N) is 1. The van der Waals surface area contributed by atoms with Gasteiger partial charge in [0.1, 0.15) is 5.69 Å². The number of nitrogens with zero attached hydrogens (tertiary/aromatic N) is 4. The van der Waals surface area contributed by atoms with E-state index >= 15 is 0 Å². The van der Waals surface area contributed by atoms with Crippen molar-refractivity contribution in [1.29, 1.82) is 0 Å². The quantitative estimate of drug-likeness (QED) is 0.754. The van der Waals surface area contributed by atoms with Gasteiger partial charge in [-0.25, -0.2) is 9.97 Å². The van der Waals surface area contributed by atoms with E-state index in [-0.39, 0.29) is 11.9 Å². The van der Waals surface area contributed by atoms with Crippen LogP contribution < -0.4 is 5.32 Å². The van der Waals surface area contributed by atoms with Crippen molar-refractivity contribution < 1.29 is 9.53 Å². The number of benzene rings is 1. The van der Waals surface area contributed by atoms with Crippen LogP contribution in [0.5, 0.6) is 0 Å². The van der Waals surface area contributed by atoms with Crippen molar-refractivity contribution in [1.82, 2.24) is 19.8 Å². The van der Waals surface area contributed by atoms with Gasteiger partial charge < -0.3 is 15.0 Å². The molecule has 0 saturated carbocycles. The van der Waals surface area contributed by atoms with Gasteiger partial charge in [-0.15, -0.1) is 0 Å². The zero-order valence-electron chi connectivity index (χ0n) is 16.7. The van der Waals surface area contributed by atoms with Crippen molar-refractivity contribution in [2.24, 2.45) is 0 Å². The van der Waals surface area contributed by atoms with E-state index < -0.39 is 0 Å². The summed E-state index contributed by atoms with van der Waals surface area (Å²) >= 11 is 0. The van der Waals surface area contributed by atoms with Crippen LogP contribution in [0.25, 0.3) is 0 Å². The largest absolute Gasteiger partial charge is 0.379 e. The van der Waals surface area contributed by atoms with Crippen LogP contribution in [0, 0.1) is 0 Å². The van der Waals surface area contributed by atoms with Crippen molar-refractivity contribution in [3.8, 4) is 0 Å². The summed E-state index contributed by atoms with van der Waals surface area (Å²) in [6.45, 7) is 9.69. The second-order valence-electron chi connectivity index (χ2n) is 7.16. The molecule has 0 unspecified atom stereocenters. The zero-order valence-corrected chi connectivity index (χ0v) is 16.7. The Balaban J connectivity index is 1.61. The maximum atomic E-state index is 13.0. The number of ether oxygens (including phenoxy) is 1. The fourth-order valence-corrected chi connectivity index (χ4v) is 3.13. The molecule has 3 rings (SSSR count). The predicted octanol–water partition coefficient (Wildman–Crippen LogP) is 2.27. The first-order valence-electron chi connectivity index (χ1n) is 9.85. The molecule has 1 aromatic carbocycles. The second-order valence-corrected chi connectivity index (χ2v) is 7.16. The predicted molar refractivity (Wildman–Crippen MR) is 109 cm³/mol. The minimum Gasteiger partial charge on any atom is -0.379 e. The van der Waals surface area contributed by atoms with Crippen molar-refractivity contribution in [2.75, 3.05) is 44.7 Å². The molecule has 7 nitrogen and oxygen atoms in total. The van der Waals surface area contributed by atoms with E-state index in [2.05, 4.69) is 20.2 Å². The summed E-state index contributed by atoms with van der Waals surface area (Å²) in [5.41, 5.74) is 1.51. The van der Waals surface area contributed by atoms with Crippen molar-refractivity contribution in [3.05, 3.63) is 53.9 Å². The Morgan fingerprint density at radius 3 is 2.68 bits per heavy atom. The lowest BCUT2D eigenvalue weighted by Gasteiger charge is -2.27. The standard InChI is InChI=1S/C21H29N5O2/c1-17(2)26(16-18-6-4-3-5-7-18)20(27)19-8-9-22-21(24-19)23-10-11-25-12-14-28-15-13-25/h3-9,17H,10-16H2,1-2H3,(H,22,23,24). The first kappa shape index (κ1) is 20.2. The Kier molecular flexibility index (Phi) is 7.33. The Morgan fingerprint density at radius 1 is 1.21 bits per heavy atom. The summed E-state index contributed by atoms with van der Waals surface area (Å²) in [6, 6.07) is 11.8. The molecule has 1 aromatic heterocycles. The number of rotatable bonds is 8. The molecule has 0 bridgehead atoms. The Morgan fingerprint density at radius 2 is 1.96 bits per heavy atom. The molecule has 0 atom stereocenters. The van der Waals surface area contributed by atoms with E-state index in [0.29, 0.717) is 18.2 Å². The summed E-state index contributed by atoms with van der Waals surface area (Å²) in [5.74, 6) is 0.403. The number of amides is 1. The highest BCUT2D eigenvalue weighted by Crippen LogP contribution is 2.13. The van der Waals surface area contributed by atoms with E-state index in [4.69, 9.17) is 4.74 Å². The van der Waals surface area contributed by atoms with E-state index in [9.17, 15) is 4.79 Å². The summed E-state index contributed by atoms with van der Waals surface area (Å²) in [4.78, 5) is 25.9. The van der Waals surface area contributed by atoms with E-state index in [0.717, 1.165) is 45.0 Å². The van der Waals surface area contributed by atoms with E-state index in [1.54, 1.807) is 12.3 Å². The van der Waals surface area contributed by atoms with Gasteiger partial charge in [0.2, 0.25) is 5.95 Å². The maximum absolute atomic E-state index is 13.0. The maximum Gasteiger partial charge on any atom is 0.273 e. The molecule has 7 heteroatoms. The minimum atomic E-state index is -0.0857. The van der Waals surface area contributed by atoms with Gasteiger partial charge in [-0.2, -0.15) is 0 Å². The van der Waals surface area contributed by atoms with Gasteiger partial charge in [-0.3, -0.25) is 9.69 Å². The zero-order chi connectivity index (χ0) is 19.8. The lowest BCUT2D eigenvalue weighted by atomic mass is 10.1. The summed E-state index contributed by atoms with van der Waals surface area (Å²) in [6.07, 6.45) is 1.64. The lowest BCUT2D eigenvalue weighted by molar-refractivity contribution is 0.0398. The summed E-state index contributed by atoms with van der Waals surface area (Å²) in [7, 11) is 0. The van der Waals surface area contributed by atoms with Crippen LogP contribution in [0.15, 0.2) is 42.6 Å². The normalized spacial score (nSPS) is 14.8. The lowest BCUT2D eigenvalue weighted by Crippen LogP contribution is -2.39. The van der Waals surface area contributed by atoms with Crippen molar-refractivity contribution in [2.45, 2.75) is 26.4 Å². The molecule has 28 heavy (non-hydrogen) atoms. The minimum absolute atomic E-state index is 0.0698. The Bertz CT molecular complexity index is 747. The van der Waals surface area contributed by atoms with E-state index in [1.807, 2.05) is 49.1 Å². The average Bonchev–Trinajstić information content (AvgIpc) is 2.73. The Labute approximate surface area is 166 Å². The third kappa shape index (κ3) is 5.74. The molecule has 2 aromatic rings. The molecule has 0 aliphatic carbocycles. The van der Waals surface area contributed by atoms with Crippen LogP contribution >= 0.6 is 0 Å². The van der Waals surface area contributed by atoms with Crippen LogP contribution in [0.2, 0.25) is 0 Å². The van der Waals surface area contributed by atoms with Gasteiger partial charge in [0.15, 0.2) is 0 Å². The molecule has 1 N–H and O–H groups in total. The molecule has 1 aliphatic heterocycles. The van der Waals surface area contributed by atoms with Gasteiger partial charge in [0.05, 0.1) is 13.2 Å². The molecule has 1 fully saturated rings. The SMILES string of the molecule is CC(C)N(Cc1ccccc1)C(=O)c1ccnc(NCCN2CCOCC2)n1. The average molecular weight is 383 g/mol. The molecule has 150 valence electrons. The molecule has 0 radical (unpaired) electrons. The molecule has 0 spiro atoms. The first-order chi connectivity index (χ1) is 13.6. The topological polar surface area (TPSA) is 70.6 Å². The molecule has 1 saturated heterocycles. The van der Waals surface area contributed by atoms with Crippen molar-refractivity contribution >= 4 is 11.9 Å². The van der Waals surface area contributed by atoms with Crippen LogP contribution in [-0.4, -0.2) is 71.1 Å². The molecule has 1 amide bonds. The first-order valence-corrected chi connectivity index (χ1v) is 9.85. The smallest absolute Gasteiger partial charge is 0.273 e. The third-order valence-corrected chi connectivity index (χ3v) is 4.77. The number of carbonyl (C=O) groups is 1. The number of carbonyl (C=O) groups excluding carboxylic acids is 1. The molecule has 2 heterocycles. The van der Waals surface area contributed by atoms with Crippen LogP contribution in [0.1, 0.15) is 29.9 Å². The summed E-state index contributed by atoms with van der Waals surface area (Å²) < 4.78 is 5.36. The third-order valence-electron chi connectivity index (χ3n) is 4.77.